The number of hydrogen-bond acceptors (Lipinski definition) is 3. The van der Waals surface area contributed by atoms with Crippen LogP contribution in [0.2, 0.25) is 0 Å². The van der Waals surface area contributed by atoms with Gasteiger partial charge in [0.1, 0.15) is 11.4 Å². The summed E-state index contributed by atoms with van der Waals surface area (Å²) in [7, 11) is 3.27. The first-order valence-electron chi connectivity index (χ1n) is 10.1. The number of halogens is 1. The van der Waals surface area contributed by atoms with E-state index in [4.69, 9.17) is 0 Å². The zero-order chi connectivity index (χ0) is 20.8. The Morgan fingerprint density at radius 3 is 2.31 bits per heavy atom. The lowest BCUT2D eigenvalue weighted by atomic mass is 9.51. The predicted octanol–water partition coefficient (Wildman–Crippen LogP) is 2.61. The second-order valence-electron chi connectivity index (χ2n) is 8.82. The van der Waals surface area contributed by atoms with Gasteiger partial charge in [-0.05, 0) is 61.6 Å². The largest absolute Gasteiger partial charge is 0.335 e. The minimum Gasteiger partial charge on any atom is -0.335 e. The molecule has 2 saturated carbocycles. The second-order valence-corrected chi connectivity index (χ2v) is 8.82. The van der Waals surface area contributed by atoms with Crippen LogP contribution in [0.1, 0.15) is 44.1 Å². The molecule has 156 valence electrons. The van der Waals surface area contributed by atoms with Crippen LogP contribution in [0.4, 0.5) is 14.0 Å². The van der Waals surface area contributed by atoms with Gasteiger partial charge in [-0.25, -0.2) is 14.0 Å². The van der Waals surface area contributed by atoms with Gasteiger partial charge in [-0.2, -0.15) is 0 Å². The number of nitrogens with one attached hydrogen (secondary N) is 2. The van der Waals surface area contributed by atoms with Gasteiger partial charge < -0.3 is 15.5 Å². The quantitative estimate of drug-likeness (QED) is 0.763. The normalized spacial score (nSPS) is 31.3. The number of nitrogens with zero attached hydrogens (tertiary/aromatic N) is 2. The van der Waals surface area contributed by atoms with Gasteiger partial charge >= 0.3 is 12.1 Å². The van der Waals surface area contributed by atoms with Crippen molar-refractivity contribution >= 4 is 18.0 Å². The lowest BCUT2D eigenvalue weighted by Gasteiger charge is -2.57. The van der Waals surface area contributed by atoms with Gasteiger partial charge in [0.2, 0.25) is 0 Å². The summed E-state index contributed by atoms with van der Waals surface area (Å²) < 4.78 is 12.9. The fourth-order valence-electron chi connectivity index (χ4n) is 5.28. The van der Waals surface area contributed by atoms with Crippen molar-refractivity contribution in [1.82, 2.24) is 20.4 Å². The Bertz CT molecular complexity index is 825. The lowest BCUT2D eigenvalue weighted by Crippen LogP contribution is -2.63. The van der Waals surface area contributed by atoms with Gasteiger partial charge in [0.25, 0.3) is 5.91 Å². The first-order chi connectivity index (χ1) is 13.7. The molecule has 1 aromatic carbocycles. The van der Waals surface area contributed by atoms with Gasteiger partial charge in [-0.15, -0.1) is 0 Å². The highest BCUT2D eigenvalue weighted by Gasteiger charge is 2.66. The zero-order valence-corrected chi connectivity index (χ0v) is 16.8. The van der Waals surface area contributed by atoms with Crippen LogP contribution >= 0.6 is 0 Å². The van der Waals surface area contributed by atoms with Crippen molar-refractivity contribution in [2.45, 2.75) is 56.7 Å². The average molecular weight is 402 g/mol. The molecule has 2 N–H and O–H groups in total. The number of carbonyl (C=O) groups excluding carboxylic acids is 3. The van der Waals surface area contributed by atoms with E-state index in [2.05, 4.69) is 10.6 Å². The summed E-state index contributed by atoms with van der Waals surface area (Å²) in [5.74, 6) is -0.385. The van der Waals surface area contributed by atoms with E-state index < -0.39 is 5.54 Å². The highest BCUT2D eigenvalue weighted by molar-refractivity contribution is 6.07. The van der Waals surface area contributed by atoms with Crippen molar-refractivity contribution in [1.29, 1.82) is 0 Å². The number of hydrogen-bond donors (Lipinski definition) is 2. The molecule has 1 aromatic rings. The first kappa shape index (κ1) is 19.7. The van der Waals surface area contributed by atoms with Crippen molar-refractivity contribution in [2.24, 2.45) is 5.41 Å². The topological polar surface area (TPSA) is 81.8 Å². The van der Waals surface area contributed by atoms with Crippen molar-refractivity contribution in [3.05, 3.63) is 35.6 Å². The van der Waals surface area contributed by atoms with Gasteiger partial charge in [-0.3, -0.25) is 9.69 Å². The summed E-state index contributed by atoms with van der Waals surface area (Å²) in [6.07, 6.45) is 5.04. The molecule has 4 rings (SSSR count). The molecule has 8 heteroatoms. The summed E-state index contributed by atoms with van der Waals surface area (Å²) in [5, 5.41) is 5.82. The second kappa shape index (κ2) is 7.00. The number of carbonyl (C=O) groups is 3. The van der Waals surface area contributed by atoms with E-state index in [0.29, 0.717) is 6.54 Å². The van der Waals surface area contributed by atoms with E-state index in [1.165, 1.54) is 17.0 Å². The molecule has 29 heavy (non-hydrogen) atoms. The molecule has 2 spiro atoms. The smallest absolute Gasteiger partial charge is 0.327 e. The monoisotopic (exact) mass is 402 g/mol. The van der Waals surface area contributed by atoms with Crippen LogP contribution in [0.3, 0.4) is 0 Å². The van der Waals surface area contributed by atoms with Crippen LogP contribution < -0.4 is 10.6 Å². The Kier molecular flexibility index (Phi) is 4.75. The summed E-state index contributed by atoms with van der Waals surface area (Å²) in [6.45, 7) is 0.348. The third kappa shape index (κ3) is 3.34. The molecule has 7 nitrogen and oxygen atoms in total. The number of rotatable bonds is 3. The molecule has 2 aliphatic carbocycles. The number of amides is 5. The summed E-state index contributed by atoms with van der Waals surface area (Å²) in [6, 6.07) is 5.70. The van der Waals surface area contributed by atoms with E-state index in [9.17, 15) is 18.8 Å². The van der Waals surface area contributed by atoms with E-state index in [-0.39, 0.29) is 35.2 Å². The van der Waals surface area contributed by atoms with Crippen LogP contribution in [-0.2, 0) is 11.3 Å². The van der Waals surface area contributed by atoms with E-state index in [0.717, 1.165) is 44.1 Å². The van der Waals surface area contributed by atoms with Crippen LogP contribution in [0, 0.1) is 11.2 Å². The van der Waals surface area contributed by atoms with Gasteiger partial charge in [0.15, 0.2) is 0 Å². The van der Waals surface area contributed by atoms with Crippen LogP contribution in [0.25, 0.3) is 0 Å². The molecular formula is C21H27FN4O3. The predicted molar refractivity (Wildman–Crippen MR) is 104 cm³/mol. The Balaban J connectivity index is 1.24. The standard InChI is InChI=1S/C21H27FN4O3/c1-25-17(27)21(26(2)19(25)29)12-20(13-21)9-7-16(8-10-20)24-18(28)23-11-14-3-5-15(22)6-4-14/h3-6,16H,7-13H2,1-2H3,(H2,23,24,28). The molecule has 5 amide bonds. The summed E-state index contributed by atoms with van der Waals surface area (Å²) in [5.41, 5.74) is 0.283. The van der Waals surface area contributed by atoms with Crippen LogP contribution in [0.15, 0.2) is 24.3 Å². The van der Waals surface area contributed by atoms with Gasteiger partial charge in [0.05, 0.1) is 0 Å². The van der Waals surface area contributed by atoms with Crippen LogP contribution in [0.5, 0.6) is 0 Å². The summed E-state index contributed by atoms with van der Waals surface area (Å²) >= 11 is 0. The van der Waals surface area contributed by atoms with E-state index in [1.54, 1.807) is 31.1 Å². The Hall–Kier alpha value is -2.64. The Morgan fingerprint density at radius 1 is 1.14 bits per heavy atom. The van der Waals surface area contributed by atoms with E-state index >= 15 is 0 Å². The molecule has 0 unspecified atom stereocenters. The van der Waals surface area contributed by atoms with E-state index in [1.807, 2.05) is 0 Å². The van der Waals surface area contributed by atoms with Crippen molar-refractivity contribution in [2.75, 3.05) is 14.1 Å². The molecule has 0 aromatic heterocycles. The highest BCUT2D eigenvalue weighted by atomic mass is 19.1. The minimum absolute atomic E-state index is 0.0870. The van der Waals surface area contributed by atoms with Gasteiger partial charge in [0, 0.05) is 26.7 Å². The fraction of sp³-hybridized carbons (Fsp3) is 0.571. The molecular weight excluding hydrogens is 375 g/mol. The number of imide groups is 1. The molecule has 3 aliphatic rings. The molecule has 1 saturated heterocycles. The number of benzene rings is 1. The average Bonchev–Trinajstić information content (AvgIpc) is 2.85. The van der Waals surface area contributed by atoms with Gasteiger partial charge in [-0.1, -0.05) is 12.1 Å². The Labute approximate surface area is 169 Å². The zero-order valence-electron chi connectivity index (χ0n) is 16.8. The third-order valence-electron chi connectivity index (χ3n) is 7.00. The van der Waals surface area contributed by atoms with Crippen molar-refractivity contribution in [3.8, 4) is 0 Å². The first-order valence-corrected chi connectivity index (χ1v) is 10.1. The molecule has 1 heterocycles. The van der Waals surface area contributed by atoms with Crippen molar-refractivity contribution < 1.29 is 18.8 Å². The molecule has 0 radical (unpaired) electrons. The maximum absolute atomic E-state index is 12.9. The molecule has 0 bridgehead atoms. The third-order valence-corrected chi connectivity index (χ3v) is 7.00. The molecule has 3 fully saturated rings. The maximum Gasteiger partial charge on any atom is 0.327 e. The fourth-order valence-corrected chi connectivity index (χ4v) is 5.28. The lowest BCUT2D eigenvalue weighted by molar-refractivity contribution is -0.147. The Morgan fingerprint density at radius 2 is 1.76 bits per heavy atom. The van der Waals surface area contributed by atoms with Crippen molar-refractivity contribution in [3.63, 3.8) is 0 Å². The maximum atomic E-state index is 12.9. The number of likely N-dealkylation sites (N-methyl/N-ethyl adjacent to an activating group) is 2. The molecule has 1 aliphatic heterocycles. The minimum atomic E-state index is -0.654. The van der Waals surface area contributed by atoms with Crippen LogP contribution in [-0.4, -0.2) is 53.4 Å². The molecule has 0 atom stereocenters. The SMILES string of the molecule is CN1C(=O)N(C)C2(CC3(CCC(NC(=O)NCc4ccc(F)cc4)CC3)C2)C1=O. The highest BCUT2D eigenvalue weighted by Crippen LogP contribution is 2.60. The number of urea groups is 2. The summed E-state index contributed by atoms with van der Waals surface area (Å²) in [4.78, 5) is 39.7.